The van der Waals surface area contributed by atoms with Crippen LogP contribution in [-0.4, -0.2) is 32.6 Å². The smallest absolute Gasteiger partial charge is 0.177 e. The SMILES string of the molecule is CCc1c(Cl)cc(C(C)=O)c(OC)c1-c1cncc(S(C)(=O)=O)c1. The van der Waals surface area contributed by atoms with Crippen LogP contribution in [-0.2, 0) is 16.3 Å². The summed E-state index contributed by atoms with van der Waals surface area (Å²) in [5, 5.41) is 0.434. The Morgan fingerprint density at radius 2 is 1.96 bits per heavy atom. The van der Waals surface area contributed by atoms with Crippen LogP contribution in [0.2, 0.25) is 5.02 Å². The lowest BCUT2D eigenvalue weighted by Gasteiger charge is -2.18. The van der Waals surface area contributed by atoms with Gasteiger partial charge in [-0.15, -0.1) is 0 Å². The number of sulfone groups is 1. The molecule has 0 saturated carbocycles. The van der Waals surface area contributed by atoms with Crippen LogP contribution in [0.15, 0.2) is 29.4 Å². The predicted octanol–water partition coefficient (Wildman–Crippen LogP) is 3.58. The molecule has 0 spiro atoms. The summed E-state index contributed by atoms with van der Waals surface area (Å²) in [5.41, 5.74) is 2.25. The van der Waals surface area contributed by atoms with Crippen LogP contribution in [0.3, 0.4) is 0 Å². The largest absolute Gasteiger partial charge is 0.495 e. The van der Waals surface area contributed by atoms with Crippen molar-refractivity contribution in [3.63, 3.8) is 0 Å². The summed E-state index contributed by atoms with van der Waals surface area (Å²) in [6.45, 7) is 3.35. The molecule has 0 bridgehead atoms. The minimum atomic E-state index is -3.41. The third-order valence-corrected chi connectivity index (χ3v) is 5.12. The second kappa shape index (κ2) is 6.91. The lowest BCUT2D eigenvalue weighted by Crippen LogP contribution is -2.04. The molecular formula is C17H18ClNO4S. The van der Waals surface area contributed by atoms with E-state index in [1.165, 1.54) is 32.5 Å². The van der Waals surface area contributed by atoms with Gasteiger partial charge in [-0.2, -0.15) is 0 Å². The fraction of sp³-hybridized carbons (Fsp3) is 0.294. The minimum absolute atomic E-state index is 0.0912. The first-order valence-corrected chi connectivity index (χ1v) is 9.53. The first-order chi connectivity index (χ1) is 11.2. The van der Waals surface area contributed by atoms with Crippen LogP contribution >= 0.6 is 11.6 Å². The van der Waals surface area contributed by atoms with E-state index in [2.05, 4.69) is 4.98 Å². The highest BCUT2D eigenvalue weighted by atomic mass is 35.5. The molecule has 5 nitrogen and oxygen atoms in total. The van der Waals surface area contributed by atoms with Gasteiger partial charge < -0.3 is 4.74 Å². The number of hydrogen-bond acceptors (Lipinski definition) is 5. The van der Waals surface area contributed by atoms with Crippen LogP contribution in [0.25, 0.3) is 11.1 Å². The van der Waals surface area contributed by atoms with E-state index in [9.17, 15) is 13.2 Å². The van der Waals surface area contributed by atoms with Crippen LogP contribution in [0.4, 0.5) is 0 Å². The Hall–Kier alpha value is -1.92. The molecule has 2 aromatic rings. The summed E-state index contributed by atoms with van der Waals surface area (Å²) in [6.07, 6.45) is 4.52. The lowest BCUT2D eigenvalue weighted by atomic mass is 9.94. The van der Waals surface area contributed by atoms with E-state index in [-0.39, 0.29) is 10.7 Å². The number of benzene rings is 1. The number of ketones is 1. The fourth-order valence-electron chi connectivity index (χ4n) is 2.55. The summed E-state index contributed by atoms with van der Waals surface area (Å²) in [6, 6.07) is 3.10. The quantitative estimate of drug-likeness (QED) is 0.755. The van der Waals surface area contributed by atoms with Crippen LogP contribution in [0, 0.1) is 0 Å². The average Bonchev–Trinajstić information content (AvgIpc) is 2.52. The monoisotopic (exact) mass is 367 g/mol. The van der Waals surface area contributed by atoms with E-state index in [4.69, 9.17) is 16.3 Å². The van der Waals surface area contributed by atoms with Gasteiger partial charge in [-0.25, -0.2) is 8.42 Å². The first kappa shape index (κ1) is 18.4. The van der Waals surface area contributed by atoms with Gasteiger partial charge >= 0.3 is 0 Å². The van der Waals surface area contributed by atoms with Crippen molar-refractivity contribution in [2.45, 2.75) is 25.2 Å². The zero-order valence-corrected chi connectivity index (χ0v) is 15.5. The van der Waals surface area contributed by atoms with Gasteiger partial charge in [-0.05, 0) is 31.0 Å². The van der Waals surface area contributed by atoms with Crippen molar-refractivity contribution in [1.29, 1.82) is 0 Å². The van der Waals surface area contributed by atoms with Gasteiger partial charge in [0, 0.05) is 34.8 Å². The third-order valence-electron chi connectivity index (χ3n) is 3.70. The van der Waals surface area contributed by atoms with Crippen molar-refractivity contribution < 1.29 is 17.9 Å². The van der Waals surface area contributed by atoms with Crippen molar-refractivity contribution in [1.82, 2.24) is 4.98 Å². The van der Waals surface area contributed by atoms with Gasteiger partial charge in [0.2, 0.25) is 0 Å². The molecule has 0 saturated heterocycles. The highest BCUT2D eigenvalue weighted by molar-refractivity contribution is 7.90. The van der Waals surface area contributed by atoms with Crippen LogP contribution in [0.1, 0.15) is 29.8 Å². The predicted molar refractivity (Wildman–Crippen MR) is 93.7 cm³/mol. The normalized spacial score (nSPS) is 11.4. The number of carbonyl (C=O) groups is 1. The number of halogens is 1. The van der Waals surface area contributed by atoms with Crippen molar-refractivity contribution in [3.05, 3.63) is 40.7 Å². The van der Waals surface area contributed by atoms with E-state index in [0.29, 0.717) is 33.9 Å². The van der Waals surface area contributed by atoms with Crippen LogP contribution < -0.4 is 4.74 Å². The fourth-order valence-corrected chi connectivity index (χ4v) is 3.48. The van der Waals surface area contributed by atoms with Gasteiger partial charge in [-0.1, -0.05) is 18.5 Å². The molecule has 0 aliphatic carbocycles. The van der Waals surface area contributed by atoms with Gasteiger partial charge in [0.05, 0.1) is 17.6 Å². The Kier molecular flexibility index (Phi) is 5.30. The summed E-state index contributed by atoms with van der Waals surface area (Å²) in [5.74, 6) is 0.182. The molecule has 24 heavy (non-hydrogen) atoms. The van der Waals surface area contributed by atoms with E-state index < -0.39 is 9.84 Å². The van der Waals surface area contributed by atoms with Crippen molar-refractivity contribution in [3.8, 4) is 16.9 Å². The molecule has 0 fully saturated rings. The molecule has 1 heterocycles. The lowest BCUT2D eigenvalue weighted by molar-refractivity contribution is 0.101. The summed E-state index contributed by atoms with van der Waals surface area (Å²) < 4.78 is 29.1. The standard InChI is InChI=1S/C17H18ClNO4S/c1-5-13-15(18)7-14(10(2)20)17(23-3)16(13)11-6-12(9-19-8-11)24(4,21)22/h6-9H,5H2,1-4H3. The molecule has 0 atom stereocenters. The Bertz CT molecular complexity index is 907. The zero-order chi connectivity index (χ0) is 18.1. The van der Waals surface area contributed by atoms with E-state index in [1.807, 2.05) is 6.92 Å². The molecule has 1 aromatic heterocycles. The number of ether oxygens (including phenoxy) is 1. The van der Waals surface area contributed by atoms with Gasteiger partial charge in [0.1, 0.15) is 5.75 Å². The Labute approximate surface area is 146 Å². The molecular weight excluding hydrogens is 350 g/mol. The highest BCUT2D eigenvalue weighted by Gasteiger charge is 2.22. The number of pyridine rings is 1. The number of Topliss-reactive ketones (excluding diaryl/α,β-unsaturated/α-hetero) is 1. The molecule has 128 valence electrons. The minimum Gasteiger partial charge on any atom is -0.495 e. The highest BCUT2D eigenvalue weighted by Crippen LogP contribution is 2.41. The van der Waals surface area contributed by atoms with E-state index in [0.717, 1.165) is 11.8 Å². The summed E-state index contributed by atoms with van der Waals surface area (Å²) in [4.78, 5) is 16.0. The molecule has 0 radical (unpaired) electrons. The molecule has 2 rings (SSSR count). The second-order valence-corrected chi connectivity index (χ2v) is 7.81. The van der Waals surface area contributed by atoms with Crippen LogP contribution in [0.5, 0.6) is 5.75 Å². The maximum Gasteiger partial charge on any atom is 0.177 e. The number of aromatic nitrogens is 1. The number of rotatable bonds is 5. The number of nitrogens with zero attached hydrogens (tertiary/aromatic N) is 1. The Morgan fingerprint density at radius 1 is 1.29 bits per heavy atom. The molecule has 0 amide bonds. The first-order valence-electron chi connectivity index (χ1n) is 7.26. The molecule has 0 aliphatic heterocycles. The molecule has 0 aliphatic rings. The van der Waals surface area contributed by atoms with E-state index in [1.54, 1.807) is 6.07 Å². The Morgan fingerprint density at radius 3 is 2.46 bits per heavy atom. The van der Waals surface area contributed by atoms with Crippen molar-refractivity contribution in [2.24, 2.45) is 0 Å². The Balaban J connectivity index is 2.89. The molecule has 1 aromatic carbocycles. The van der Waals surface area contributed by atoms with Gasteiger partial charge in [0.25, 0.3) is 0 Å². The topological polar surface area (TPSA) is 73.3 Å². The molecule has 0 unspecified atom stereocenters. The second-order valence-electron chi connectivity index (χ2n) is 5.38. The molecule has 0 N–H and O–H groups in total. The van der Waals surface area contributed by atoms with Crippen molar-refractivity contribution in [2.75, 3.05) is 13.4 Å². The van der Waals surface area contributed by atoms with Crippen molar-refractivity contribution >= 4 is 27.2 Å². The van der Waals surface area contributed by atoms with Gasteiger partial charge in [-0.3, -0.25) is 9.78 Å². The molecule has 7 heteroatoms. The summed E-state index contributed by atoms with van der Waals surface area (Å²) >= 11 is 6.34. The maximum atomic E-state index is 11.9. The number of carbonyl (C=O) groups excluding carboxylic acids is 1. The number of methoxy groups -OCH3 is 1. The average molecular weight is 368 g/mol. The number of hydrogen-bond donors (Lipinski definition) is 0. The summed E-state index contributed by atoms with van der Waals surface area (Å²) in [7, 11) is -1.95. The van der Waals surface area contributed by atoms with Gasteiger partial charge in [0.15, 0.2) is 15.6 Å². The zero-order valence-electron chi connectivity index (χ0n) is 13.9. The maximum absolute atomic E-state index is 11.9. The van der Waals surface area contributed by atoms with E-state index >= 15 is 0 Å². The third kappa shape index (κ3) is 3.44.